The summed E-state index contributed by atoms with van der Waals surface area (Å²) in [5, 5.41) is 0. The van der Waals surface area contributed by atoms with E-state index in [-0.39, 0.29) is 0 Å². The lowest BCUT2D eigenvalue weighted by Crippen LogP contribution is -1.96. The monoisotopic (exact) mass is 292 g/mol. The van der Waals surface area contributed by atoms with Gasteiger partial charge < -0.3 is 10.5 Å². The molecule has 0 aliphatic carbocycles. The van der Waals surface area contributed by atoms with E-state index in [0.717, 1.165) is 21.3 Å². The summed E-state index contributed by atoms with van der Waals surface area (Å²) in [4.78, 5) is 4.03. The second-order valence-electron chi connectivity index (χ2n) is 3.88. The summed E-state index contributed by atoms with van der Waals surface area (Å²) in [6.07, 6.45) is 3.46. The molecule has 88 valence electrons. The van der Waals surface area contributed by atoms with E-state index in [2.05, 4.69) is 20.9 Å². The number of nitrogen functional groups attached to an aromatic ring is 1. The zero-order valence-electron chi connectivity index (χ0n) is 9.70. The predicted octanol–water partition coefficient (Wildman–Crippen LogP) is 3.84. The molecule has 0 saturated carbocycles. The number of pyridine rings is 1. The lowest BCUT2D eigenvalue weighted by Gasteiger charge is -2.13. The summed E-state index contributed by atoms with van der Waals surface area (Å²) in [6, 6.07) is 5.64. The van der Waals surface area contributed by atoms with E-state index in [1.807, 2.05) is 32.0 Å². The molecule has 2 rings (SSSR count). The number of anilines is 1. The fraction of sp³-hybridized carbons (Fsp3) is 0.154. The highest BCUT2D eigenvalue weighted by atomic mass is 79.9. The number of hydrogen-bond donors (Lipinski definition) is 1. The Hall–Kier alpha value is -1.55. The summed E-state index contributed by atoms with van der Waals surface area (Å²) in [6.45, 7) is 3.92. The largest absolute Gasteiger partial charge is 0.455 e. The Kier molecular flexibility index (Phi) is 3.33. The van der Waals surface area contributed by atoms with Gasteiger partial charge in [-0.1, -0.05) is 15.9 Å². The van der Waals surface area contributed by atoms with Crippen molar-refractivity contribution in [2.45, 2.75) is 13.8 Å². The molecule has 1 heterocycles. The predicted molar refractivity (Wildman–Crippen MR) is 72.3 cm³/mol. The summed E-state index contributed by atoms with van der Waals surface area (Å²) in [7, 11) is 0. The van der Waals surface area contributed by atoms with Gasteiger partial charge in [-0.2, -0.15) is 0 Å². The van der Waals surface area contributed by atoms with Gasteiger partial charge in [-0.05, 0) is 37.6 Å². The van der Waals surface area contributed by atoms with Crippen LogP contribution in [0, 0.1) is 13.8 Å². The van der Waals surface area contributed by atoms with Gasteiger partial charge in [0.2, 0.25) is 0 Å². The maximum Gasteiger partial charge on any atom is 0.153 e. The molecule has 17 heavy (non-hydrogen) atoms. The van der Waals surface area contributed by atoms with Crippen LogP contribution >= 0.6 is 15.9 Å². The molecular weight excluding hydrogens is 280 g/mol. The number of nitrogens with two attached hydrogens (primary N) is 1. The molecule has 0 atom stereocenters. The van der Waals surface area contributed by atoms with E-state index in [1.54, 1.807) is 12.4 Å². The van der Waals surface area contributed by atoms with Crippen LogP contribution in [0.4, 0.5) is 5.69 Å². The molecule has 2 N–H and O–H groups in total. The number of rotatable bonds is 2. The van der Waals surface area contributed by atoms with Crippen LogP contribution in [0.25, 0.3) is 0 Å². The van der Waals surface area contributed by atoms with Crippen molar-refractivity contribution in [2.75, 3.05) is 5.73 Å². The van der Waals surface area contributed by atoms with Crippen LogP contribution in [0.5, 0.6) is 11.5 Å². The van der Waals surface area contributed by atoms with E-state index in [9.17, 15) is 0 Å². The molecule has 0 amide bonds. The van der Waals surface area contributed by atoms with Gasteiger partial charge in [0.05, 0.1) is 5.69 Å². The molecule has 0 aliphatic rings. The van der Waals surface area contributed by atoms with Crippen LogP contribution in [0.1, 0.15) is 11.1 Å². The minimum absolute atomic E-state index is 0.619. The van der Waals surface area contributed by atoms with Crippen molar-refractivity contribution < 1.29 is 4.74 Å². The number of ether oxygens (including phenoxy) is 1. The summed E-state index contributed by atoms with van der Waals surface area (Å²) >= 11 is 3.40. The molecule has 0 unspecified atom stereocenters. The van der Waals surface area contributed by atoms with Crippen LogP contribution in [0.2, 0.25) is 0 Å². The van der Waals surface area contributed by atoms with Crippen molar-refractivity contribution in [3.8, 4) is 11.5 Å². The number of hydrogen-bond acceptors (Lipinski definition) is 3. The van der Waals surface area contributed by atoms with Gasteiger partial charge in [0, 0.05) is 22.4 Å². The van der Waals surface area contributed by atoms with Gasteiger partial charge in [-0.3, -0.25) is 4.98 Å². The van der Waals surface area contributed by atoms with Crippen molar-refractivity contribution in [3.63, 3.8) is 0 Å². The Balaban J connectivity index is 2.40. The third-order valence-corrected chi connectivity index (χ3v) is 2.91. The van der Waals surface area contributed by atoms with Gasteiger partial charge in [-0.25, -0.2) is 0 Å². The Morgan fingerprint density at radius 3 is 2.65 bits per heavy atom. The van der Waals surface area contributed by atoms with Gasteiger partial charge in [0.25, 0.3) is 0 Å². The van der Waals surface area contributed by atoms with Crippen molar-refractivity contribution >= 4 is 21.6 Å². The van der Waals surface area contributed by atoms with E-state index in [1.165, 1.54) is 0 Å². The van der Waals surface area contributed by atoms with Gasteiger partial charge in [0.15, 0.2) is 5.75 Å². The normalized spacial score (nSPS) is 10.3. The van der Waals surface area contributed by atoms with Crippen molar-refractivity contribution in [3.05, 3.63) is 46.2 Å². The van der Waals surface area contributed by atoms with Gasteiger partial charge >= 0.3 is 0 Å². The van der Waals surface area contributed by atoms with Gasteiger partial charge in [-0.15, -0.1) is 0 Å². The molecule has 0 aliphatic heterocycles. The molecule has 2 aromatic rings. The first-order valence-electron chi connectivity index (χ1n) is 5.22. The number of aryl methyl sites for hydroxylation is 2. The minimum atomic E-state index is 0.619. The maximum absolute atomic E-state index is 5.95. The fourth-order valence-electron chi connectivity index (χ4n) is 1.58. The van der Waals surface area contributed by atoms with Gasteiger partial charge in [0.1, 0.15) is 5.75 Å². The minimum Gasteiger partial charge on any atom is -0.455 e. The smallest absolute Gasteiger partial charge is 0.153 e. The quantitative estimate of drug-likeness (QED) is 0.856. The topological polar surface area (TPSA) is 48.1 Å². The lowest BCUT2D eigenvalue weighted by atomic mass is 10.2. The number of aromatic nitrogens is 1. The first kappa shape index (κ1) is 11.9. The van der Waals surface area contributed by atoms with Crippen molar-refractivity contribution in [2.24, 2.45) is 0 Å². The third kappa shape index (κ3) is 2.58. The van der Waals surface area contributed by atoms with Crippen LogP contribution in [-0.2, 0) is 0 Å². The Morgan fingerprint density at radius 1 is 1.24 bits per heavy atom. The van der Waals surface area contributed by atoms with E-state index in [4.69, 9.17) is 10.5 Å². The molecule has 0 bridgehead atoms. The van der Waals surface area contributed by atoms with Crippen LogP contribution in [0.15, 0.2) is 35.1 Å². The Labute approximate surface area is 109 Å². The van der Waals surface area contributed by atoms with Crippen LogP contribution in [-0.4, -0.2) is 4.98 Å². The lowest BCUT2D eigenvalue weighted by molar-refractivity contribution is 0.476. The molecule has 0 saturated heterocycles. The third-order valence-electron chi connectivity index (χ3n) is 2.45. The van der Waals surface area contributed by atoms with Crippen LogP contribution in [0.3, 0.4) is 0 Å². The SMILES string of the molecule is Cc1cnccc1Oc1c(C)cc(Br)cc1N. The van der Waals surface area contributed by atoms with Crippen molar-refractivity contribution in [1.29, 1.82) is 0 Å². The van der Waals surface area contributed by atoms with E-state index in [0.29, 0.717) is 11.4 Å². The second-order valence-corrected chi connectivity index (χ2v) is 4.80. The van der Waals surface area contributed by atoms with Crippen LogP contribution < -0.4 is 10.5 Å². The second kappa shape index (κ2) is 4.75. The fourth-order valence-corrected chi connectivity index (χ4v) is 2.17. The summed E-state index contributed by atoms with van der Waals surface area (Å²) in [5.74, 6) is 1.47. The highest BCUT2D eigenvalue weighted by molar-refractivity contribution is 9.10. The highest BCUT2D eigenvalue weighted by Crippen LogP contribution is 2.34. The molecule has 3 nitrogen and oxygen atoms in total. The highest BCUT2D eigenvalue weighted by Gasteiger charge is 2.09. The Bertz CT molecular complexity index is 532. The zero-order valence-corrected chi connectivity index (χ0v) is 11.3. The Morgan fingerprint density at radius 2 is 2.00 bits per heavy atom. The molecular formula is C13H13BrN2O. The maximum atomic E-state index is 5.95. The molecule has 0 radical (unpaired) electrons. The standard InChI is InChI=1S/C13H13BrN2O/c1-8-5-10(14)6-11(15)13(8)17-12-3-4-16-7-9(12)2/h3-7H,15H2,1-2H3. The average molecular weight is 293 g/mol. The molecule has 0 spiro atoms. The molecule has 4 heteroatoms. The number of nitrogens with zero attached hydrogens (tertiary/aromatic N) is 1. The molecule has 1 aromatic carbocycles. The molecule has 0 fully saturated rings. The first-order chi connectivity index (χ1) is 8.08. The van der Waals surface area contributed by atoms with E-state index >= 15 is 0 Å². The van der Waals surface area contributed by atoms with E-state index < -0.39 is 0 Å². The first-order valence-corrected chi connectivity index (χ1v) is 6.01. The summed E-state index contributed by atoms with van der Waals surface area (Å²) < 4.78 is 6.79. The molecule has 1 aromatic heterocycles. The number of halogens is 1. The zero-order chi connectivity index (χ0) is 12.4. The summed E-state index contributed by atoms with van der Waals surface area (Å²) in [5.41, 5.74) is 8.54. The van der Waals surface area contributed by atoms with Crippen molar-refractivity contribution in [1.82, 2.24) is 4.98 Å². The number of benzene rings is 1. The average Bonchev–Trinajstić information content (AvgIpc) is 2.25.